The van der Waals surface area contributed by atoms with Gasteiger partial charge in [-0.2, -0.15) is 11.8 Å². The quantitative estimate of drug-likeness (QED) is 0.832. The lowest BCUT2D eigenvalue weighted by atomic mass is 10.1. The number of carbonyl (C=O) groups excluding carboxylic acids is 1. The molecule has 1 heterocycles. The minimum absolute atomic E-state index is 0.0135. The van der Waals surface area contributed by atoms with Gasteiger partial charge in [-0.25, -0.2) is 0 Å². The Hall–Kier alpha value is -1.20. The zero-order valence-electron chi connectivity index (χ0n) is 14.0. The van der Waals surface area contributed by atoms with Crippen molar-refractivity contribution in [3.63, 3.8) is 0 Å². The van der Waals surface area contributed by atoms with Crippen molar-refractivity contribution in [3.8, 4) is 5.75 Å². The van der Waals surface area contributed by atoms with Gasteiger partial charge in [0.05, 0.1) is 12.6 Å². The molecule has 2 aliphatic rings. The first-order valence-corrected chi connectivity index (χ1v) is 9.77. The third-order valence-corrected chi connectivity index (χ3v) is 5.55. The summed E-state index contributed by atoms with van der Waals surface area (Å²) in [5.41, 5.74) is 1.24. The maximum absolute atomic E-state index is 12.5. The number of carbonyl (C=O) groups is 1. The van der Waals surface area contributed by atoms with Crippen LogP contribution in [-0.4, -0.2) is 47.5 Å². The highest BCUT2D eigenvalue weighted by atomic mass is 32.2. The molecule has 0 spiro atoms. The third kappa shape index (κ3) is 4.42. The monoisotopic (exact) mass is 334 g/mol. The molecule has 4 nitrogen and oxygen atoms in total. The number of nitrogens with one attached hydrogen (secondary N) is 1. The third-order valence-electron chi connectivity index (χ3n) is 4.54. The van der Waals surface area contributed by atoms with E-state index in [2.05, 4.69) is 28.6 Å². The summed E-state index contributed by atoms with van der Waals surface area (Å²) in [6, 6.07) is 8.68. The summed E-state index contributed by atoms with van der Waals surface area (Å²) in [6.07, 6.45) is 5.38. The van der Waals surface area contributed by atoms with Crippen LogP contribution in [0.4, 0.5) is 0 Å². The van der Waals surface area contributed by atoms with Crippen molar-refractivity contribution >= 4 is 17.7 Å². The molecule has 0 radical (unpaired) electrons. The Morgan fingerprint density at radius 3 is 2.70 bits per heavy atom. The van der Waals surface area contributed by atoms with E-state index >= 15 is 0 Å². The maximum atomic E-state index is 12.5. The average molecular weight is 334 g/mol. The Morgan fingerprint density at radius 2 is 2.09 bits per heavy atom. The second-order valence-electron chi connectivity index (χ2n) is 6.40. The molecule has 1 aliphatic heterocycles. The normalized spacial score (nSPS) is 24.6. The van der Waals surface area contributed by atoms with E-state index in [1.165, 1.54) is 5.56 Å². The van der Waals surface area contributed by atoms with Gasteiger partial charge < -0.3 is 10.1 Å². The fraction of sp³-hybridized carbons (Fsp3) is 0.611. The van der Waals surface area contributed by atoms with Gasteiger partial charge in [-0.15, -0.1) is 0 Å². The zero-order chi connectivity index (χ0) is 16.2. The van der Waals surface area contributed by atoms with Crippen LogP contribution in [0.5, 0.6) is 5.75 Å². The first-order chi connectivity index (χ1) is 11.2. The van der Waals surface area contributed by atoms with Crippen LogP contribution in [-0.2, 0) is 11.3 Å². The van der Waals surface area contributed by atoms with Crippen molar-refractivity contribution in [1.29, 1.82) is 0 Å². The predicted octanol–water partition coefficient (Wildman–Crippen LogP) is 2.67. The van der Waals surface area contributed by atoms with Crippen molar-refractivity contribution in [2.45, 2.75) is 50.1 Å². The number of benzene rings is 1. The number of hydrogen-bond acceptors (Lipinski definition) is 4. The van der Waals surface area contributed by atoms with Gasteiger partial charge in [0.2, 0.25) is 5.91 Å². The number of thioether (sulfide) groups is 1. The molecule has 1 aliphatic carbocycles. The van der Waals surface area contributed by atoms with Gasteiger partial charge in [0, 0.05) is 24.4 Å². The summed E-state index contributed by atoms with van der Waals surface area (Å²) in [6.45, 7) is 4.48. The molecule has 126 valence electrons. The Balaban J connectivity index is 1.63. The zero-order valence-corrected chi connectivity index (χ0v) is 14.8. The molecule has 0 aromatic heterocycles. The number of hydrogen-bond donors (Lipinski definition) is 1. The van der Waals surface area contributed by atoms with Crippen LogP contribution in [0.15, 0.2) is 24.3 Å². The smallest absolute Gasteiger partial charge is 0.237 e. The minimum Gasteiger partial charge on any atom is -0.494 e. The highest BCUT2D eigenvalue weighted by Crippen LogP contribution is 2.29. The Kier molecular flexibility index (Phi) is 5.49. The molecule has 0 unspecified atom stereocenters. The van der Waals surface area contributed by atoms with Gasteiger partial charge in [0.15, 0.2) is 0 Å². The highest BCUT2D eigenvalue weighted by Gasteiger charge is 2.38. The van der Waals surface area contributed by atoms with E-state index in [1.54, 1.807) is 0 Å². The minimum atomic E-state index is 0.0135. The Morgan fingerprint density at radius 1 is 1.35 bits per heavy atom. The van der Waals surface area contributed by atoms with Crippen LogP contribution in [0, 0.1) is 0 Å². The molecular formula is C18H26N2O2S. The number of ether oxygens (including phenoxy) is 1. The lowest BCUT2D eigenvalue weighted by Gasteiger charge is -2.23. The first-order valence-electron chi connectivity index (χ1n) is 8.48. The van der Waals surface area contributed by atoms with Gasteiger partial charge >= 0.3 is 0 Å². The van der Waals surface area contributed by atoms with Crippen LogP contribution >= 0.6 is 11.8 Å². The van der Waals surface area contributed by atoms with Gasteiger partial charge in [0.25, 0.3) is 0 Å². The Bertz CT molecular complexity index is 530. The van der Waals surface area contributed by atoms with Crippen molar-refractivity contribution in [1.82, 2.24) is 10.2 Å². The summed E-state index contributed by atoms with van der Waals surface area (Å²) >= 11 is 1.87. The lowest BCUT2D eigenvalue weighted by molar-refractivity contribution is -0.125. The number of amides is 1. The maximum Gasteiger partial charge on any atom is 0.237 e. The predicted molar refractivity (Wildman–Crippen MR) is 94.9 cm³/mol. The SMILES string of the molecule is CCOc1ccc(CN2C[C@H](SC)C[C@H]2C(=O)NC2CC2)cc1. The fourth-order valence-electron chi connectivity index (χ4n) is 3.10. The largest absolute Gasteiger partial charge is 0.494 e. The fourth-order valence-corrected chi connectivity index (χ4v) is 3.81. The molecule has 1 saturated carbocycles. The van der Waals surface area contributed by atoms with Crippen molar-refractivity contribution in [2.24, 2.45) is 0 Å². The highest BCUT2D eigenvalue weighted by molar-refractivity contribution is 7.99. The van der Waals surface area contributed by atoms with E-state index in [0.29, 0.717) is 17.9 Å². The Labute approximate surface area is 143 Å². The van der Waals surface area contributed by atoms with Gasteiger partial charge in [-0.1, -0.05) is 12.1 Å². The van der Waals surface area contributed by atoms with Gasteiger partial charge in [-0.3, -0.25) is 9.69 Å². The molecule has 1 saturated heterocycles. The van der Waals surface area contributed by atoms with E-state index in [0.717, 1.165) is 38.1 Å². The summed E-state index contributed by atoms with van der Waals surface area (Å²) in [7, 11) is 0. The second-order valence-corrected chi connectivity index (χ2v) is 7.54. The molecule has 1 amide bonds. The second kappa shape index (κ2) is 7.58. The van der Waals surface area contributed by atoms with Crippen LogP contribution in [0.3, 0.4) is 0 Å². The standard InChI is InChI=1S/C18H26N2O2S/c1-3-22-15-8-4-13(5-9-15)11-20-12-16(23-2)10-17(20)18(21)19-14-6-7-14/h4-5,8-9,14,16-17H,3,6-7,10-12H2,1-2H3,(H,19,21)/t16-,17+/m1/s1. The number of likely N-dealkylation sites (tertiary alicyclic amines) is 1. The van der Waals surface area contributed by atoms with Crippen LogP contribution in [0.25, 0.3) is 0 Å². The molecule has 2 atom stereocenters. The molecule has 23 heavy (non-hydrogen) atoms. The summed E-state index contributed by atoms with van der Waals surface area (Å²) < 4.78 is 5.49. The molecule has 1 aromatic rings. The average Bonchev–Trinajstić information content (AvgIpc) is 3.27. The van der Waals surface area contributed by atoms with Crippen LogP contribution in [0.1, 0.15) is 31.7 Å². The van der Waals surface area contributed by atoms with E-state index < -0.39 is 0 Å². The van der Waals surface area contributed by atoms with Crippen LogP contribution < -0.4 is 10.1 Å². The molecular weight excluding hydrogens is 308 g/mol. The number of rotatable bonds is 7. The molecule has 1 N–H and O–H groups in total. The van der Waals surface area contributed by atoms with Crippen molar-refractivity contribution in [3.05, 3.63) is 29.8 Å². The van der Waals surface area contributed by atoms with E-state index in [4.69, 9.17) is 4.74 Å². The number of nitrogens with zero attached hydrogens (tertiary/aromatic N) is 1. The molecule has 5 heteroatoms. The summed E-state index contributed by atoms with van der Waals surface area (Å²) in [5.74, 6) is 1.12. The van der Waals surface area contributed by atoms with Gasteiger partial charge in [0.1, 0.15) is 5.75 Å². The molecule has 0 bridgehead atoms. The van der Waals surface area contributed by atoms with Crippen molar-refractivity contribution < 1.29 is 9.53 Å². The lowest BCUT2D eigenvalue weighted by Crippen LogP contribution is -2.43. The molecule has 1 aromatic carbocycles. The van der Waals surface area contributed by atoms with Gasteiger partial charge in [-0.05, 0) is 50.1 Å². The van der Waals surface area contributed by atoms with E-state index in [-0.39, 0.29) is 11.9 Å². The topological polar surface area (TPSA) is 41.6 Å². The first kappa shape index (κ1) is 16.7. The summed E-state index contributed by atoms with van der Waals surface area (Å²) in [4.78, 5) is 14.8. The molecule has 2 fully saturated rings. The molecule has 3 rings (SSSR count). The van der Waals surface area contributed by atoms with Crippen molar-refractivity contribution in [2.75, 3.05) is 19.4 Å². The van der Waals surface area contributed by atoms with E-state index in [1.807, 2.05) is 30.8 Å². The summed E-state index contributed by atoms with van der Waals surface area (Å²) in [5, 5.41) is 3.72. The van der Waals surface area contributed by atoms with Crippen LogP contribution in [0.2, 0.25) is 0 Å². The van der Waals surface area contributed by atoms with E-state index in [9.17, 15) is 4.79 Å².